The fourth-order valence-electron chi connectivity index (χ4n) is 0.714. The molecule has 0 atom stereocenters. The van der Waals surface area contributed by atoms with E-state index in [0.29, 0.717) is 0 Å². The molecule has 6 heteroatoms. The minimum absolute atomic E-state index is 0.0461. The van der Waals surface area contributed by atoms with E-state index in [1.54, 1.807) is 0 Å². The number of phenolic OH excluding ortho intramolecular Hbond substituents is 1. The van der Waals surface area contributed by atoms with Gasteiger partial charge in [-0.1, -0.05) is 6.07 Å². The molecular formula is C7H4BrF3O2. The predicted molar refractivity (Wildman–Crippen MR) is 42.5 cm³/mol. The third-order valence-electron chi connectivity index (χ3n) is 1.16. The summed E-state index contributed by atoms with van der Waals surface area (Å²) in [5.41, 5.74) is 0. The van der Waals surface area contributed by atoms with Crippen molar-refractivity contribution in [3.8, 4) is 11.5 Å². The van der Waals surface area contributed by atoms with Gasteiger partial charge in [-0.2, -0.15) is 0 Å². The standard InChI is InChI=1S/C7H4BrF3O2/c8-4-2-1-3-5(12)6(4)13-7(9,10)11/h1-3,12H. The molecule has 0 spiro atoms. The van der Waals surface area contributed by atoms with Gasteiger partial charge in [0, 0.05) is 0 Å². The summed E-state index contributed by atoms with van der Waals surface area (Å²) in [6.45, 7) is 0. The van der Waals surface area contributed by atoms with Crippen molar-refractivity contribution >= 4 is 15.9 Å². The van der Waals surface area contributed by atoms with E-state index < -0.39 is 17.9 Å². The number of hydrogen-bond acceptors (Lipinski definition) is 2. The lowest BCUT2D eigenvalue weighted by atomic mass is 10.3. The fourth-order valence-corrected chi connectivity index (χ4v) is 1.15. The zero-order chi connectivity index (χ0) is 10.1. The van der Waals surface area contributed by atoms with Crippen molar-refractivity contribution in [1.82, 2.24) is 0 Å². The second-order valence-electron chi connectivity index (χ2n) is 2.14. The van der Waals surface area contributed by atoms with Gasteiger partial charge in [-0.3, -0.25) is 0 Å². The Morgan fingerprint density at radius 2 is 1.92 bits per heavy atom. The minimum Gasteiger partial charge on any atom is -0.504 e. The van der Waals surface area contributed by atoms with Gasteiger partial charge in [-0.25, -0.2) is 0 Å². The van der Waals surface area contributed by atoms with E-state index in [1.807, 2.05) is 0 Å². The molecule has 1 N–H and O–H groups in total. The first kappa shape index (κ1) is 10.2. The van der Waals surface area contributed by atoms with E-state index in [2.05, 4.69) is 20.7 Å². The van der Waals surface area contributed by atoms with Gasteiger partial charge < -0.3 is 9.84 Å². The first-order valence-electron chi connectivity index (χ1n) is 3.13. The van der Waals surface area contributed by atoms with Gasteiger partial charge in [0.15, 0.2) is 11.5 Å². The maximum Gasteiger partial charge on any atom is 0.573 e. The van der Waals surface area contributed by atoms with Crippen molar-refractivity contribution in [2.24, 2.45) is 0 Å². The van der Waals surface area contributed by atoms with Crippen molar-refractivity contribution in [1.29, 1.82) is 0 Å². The maximum absolute atomic E-state index is 11.7. The van der Waals surface area contributed by atoms with E-state index in [-0.39, 0.29) is 4.47 Å². The van der Waals surface area contributed by atoms with E-state index in [0.717, 1.165) is 6.07 Å². The minimum atomic E-state index is -4.80. The van der Waals surface area contributed by atoms with E-state index in [1.165, 1.54) is 12.1 Å². The second-order valence-corrected chi connectivity index (χ2v) is 2.99. The van der Waals surface area contributed by atoms with Crippen LogP contribution < -0.4 is 4.74 Å². The van der Waals surface area contributed by atoms with Gasteiger partial charge in [0.1, 0.15) is 0 Å². The molecule has 0 bridgehead atoms. The highest BCUT2D eigenvalue weighted by atomic mass is 79.9. The topological polar surface area (TPSA) is 29.5 Å². The molecule has 1 aromatic carbocycles. The largest absolute Gasteiger partial charge is 0.573 e. The number of ether oxygens (including phenoxy) is 1. The van der Waals surface area contributed by atoms with Crippen molar-refractivity contribution in [2.45, 2.75) is 6.36 Å². The van der Waals surface area contributed by atoms with Crippen molar-refractivity contribution < 1.29 is 23.0 Å². The summed E-state index contributed by atoms with van der Waals surface area (Å²) >= 11 is 2.81. The van der Waals surface area contributed by atoms with Crippen molar-refractivity contribution in [2.75, 3.05) is 0 Å². The van der Waals surface area contributed by atoms with Crippen LogP contribution >= 0.6 is 15.9 Å². The third kappa shape index (κ3) is 2.80. The highest BCUT2D eigenvalue weighted by Gasteiger charge is 2.33. The number of phenols is 1. The van der Waals surface area contributed by atoms with Crippen LogP contribution in [0.15, 0.2) is 22.7 Å². The first-order chi connectivity index (χ1) is 5.90. The summed E-state index contributed by atoms with van der Waals surface area (Å²) in [4.78, 5) is 0. The summed E-state index contributed by atoms with van der Waals surface area (Å²) in [6.07, 6.45) is -4.80. The number of halogens is 4. The Morgan fingerprint density at radius 3 is 2.38 bits per heavy atom. The number of para-hydroxylation sites is 1. The molecule has 0 unspecified atom stereocenters. The van der Waals surface area contributed by atoms with Crippen LogP contribution in [0.1, 0.15) is 0 Å². The Morgan fingerprint density at radius 1 is 1.31 bits per heavy atom. The molecule has 0 amide bonds. The normalized spacial score (nSPS) is 11.4. The van der Waals surface area contributed by atoms with Crippen LogP contribution in [0.25, 0.3) is 0 Å². The van der Waals surface area contributed by atoms with E-state index >= 15 is 0 Å². The van der Waals surface area contributed by atoms with Gasteiger partial charge >= 0.3 is 6.36 Å². The van der Waals surface area contributed by atoms with Crippen LogP contribution in [0, 0.1) is 0 Å². The summed E-state index contributed by atoms with van der Waals surface area (Å²) < 4.78 is 38.9. The van der Waals surface area contributed by atoms with Gasteiger partial charge in [0.2, 0.25) is 0 Å². The predicted octanol–water partition coefficient (Wildman–Crippen LogP) is 3.05. The number of rotatable bonds is 1. The molecule has 72 valence electrons. The fraction of sp³-hybridized carbons (Fsp3) is 0.143. The van der Waals surface area contributed by atoms with Gasteiger partial charge in [-0.05, 0) is 28.1 Å². The van der Waals surface area contributed by atoms with Crippen LogP contribution in [0.2, 0.25) is 0 Å². The molecular weight excluding hydrogens is 253 g/mol. The molecule has 13 heavy (non-hydrogen) atoms. The number of benzene rings is 1. The molecule has 1 aromatic rings. The molecule has 0 aliphatic rings. The number of hydrogen-bond donors (Lipinski definition) is 1. The highest BCUT2D eigenvalue weighted by molar-refractivity contribution is 9.10. The molecule has 0 saturated heterocycles. The van der Waals surface area contributed by atoms with E-state index in [9.17, 15) is 13.2 Å². The third-order valence-corrected chi connectivity index (χ3v) is 1.79. The average molecular weight is 257 g/mol. The summed E-state index contributed by atoms with van der Waals surface area (Å²) in [6, 6.07) is 3.83. The van der Waals surface area contributed by atoms with Crippen molar-refractivity contribution in [3.63, 3.8) is 0 Å². The smallest absolute Gasteiger partial charge is 0.504 e. The Kier molecular flexibility index (Phi) is 2.70. The zero-order valence-corrected chi connectivity index (χ0v) is 7.69. The zero-order valence-electron chi connectivity index (χ0n) is 6.10. The monoisotopic (exact) mass is 256 g/mol. The Hall–Kier alpha value is -0.910. The molecule has 0 saturated carbocycles. The van der Waals surface area contributed by atoms with Crippen LogP contribution in [-0.2, 0) is 0 Å². The van der Waals surface area contributed by atoms with Gasteiger partial charge in [-0.15, -0.1) is 13.2 Å². The molecule has 2 nitrogen and oxygen atoms in total. The SMILES string of the molecule is Oc1cccc(Br)c1OC(F)(F)F. The lowest BCUT2D eigenvalue weighted by molar-refractivity contribution is -0.275. The van der Waals surface area contributed by atoms with Crippen LogP contribution in [0.5, 0.6) is 11.5 Å². The number of alkyl halides is 3. The Labute approximate surface area is 80.1 Å². The second kappa shape index (κ2) is 3.45. The van der Waals surface area contributed by atoms with Crippen LogP contribution in [-0.4, -0.2) is 11.5 Å². The lowest BCUT2D eigenvalue weighted by Crippen LogP contribution is -2.17. The van der Waals surface area contributed by atoms with Crippen LogP contribution in [0.3, 0.4) is 0 Å². The Bertz CT molecular complexity index is 291. The maximum atomic E-state index is 11.7. The molecule has 0 heterocycles. The molecule has 0 radical (unpaired) electrons. The average Bonchev–Trinajstić information content (AvgIpc) is 1.95. The van der Waals surface area contributed by atoms with Crippen molar-refractivity contribution in [3.05, 3.63) is 22.7 Å². The van der Waals surface area contributed by atoms with Gasteiger partial charge in [0.05, 0.1) is 4.47 Å². The van der Waals surface area contributed by atoms with Crippen LogP contribution in [0.4, 0.5) is 13.2 Å². The highest BCUT2D eigenvalue weighted by Crippen LogP contribution is 2.37. The van der Waals surface area contributed by atoms with E-state index in [4.69, 9.17) is 5.11 Å². The first-order valence-corrected chi connectivity index (χ1v) is 3.92. The lowest BCUT2D eigenvalue weighted by Gasteiger charge is -2.11. The quantitative estimate of drug-likeness (QED) is 0.837. The Balaban J connectivity index is 3.00. The number of aromatic hydroxyl groups is 1. The molecule has 1 rings (SSSR count). The molecule has 0 aliphatic carbocycles. The molecule has 0 aliphatic heterocycles. The van der Waals surface area contributed by atoms with Gasteiger partial charge in [0.25, 0.3) is 0 Å². The molecule has 0 fully saturated rings. The summed E-state index contributed by atoms with van der Waals surface area (Å²) in [7, 11) is 0. The summed E-state index contributed by atoms with van der Waals surface area (Å²) in [5.74, 6) is -1.19. The summed E-state index contributed by atoms with van der Waals surface area (Å²) in [5, 5.41) is 9.00. The molecule has 0 aromatic heterocycles.